The average Bonchev–Trinajstić information content (AvgIpc) is 2.92. The fourth-order valence-corrected chi connectivity index (χ4v) is 1.81. The maximum absolute atomic E-state index is 10.9. The Morgan fingerprint density at radius 3 is 3.00 bits per heavy atom. The van der Waals surface area contributed by atoms with Gasteiger partial charge in [0.1, 0.15) is 5.82 Å². The predicted molar refractivity (Wildman–Crippen MR) is 75.0 cm³/mol. The number of rotatable bonds is 7. The van der Waals surface area contributed by atoms with Crippen molar-refractivity contribution in [2.24, 2.45) is 0 Å². The Labute approximate surface area is 116 Å². The van der Waals surface area contributed by atoms with Gasteiger partial charge in [-0.2, -0.15) is 0 Å². The Balaban J connectivity index is 2.01. The quantitative estimate of drug-likeness (QED) is 0.598. The molecular weight excluding hydrogens is 260 g/mol. The van der Waals surface area contributed by atoms with Gasteiger partial charge >= 0.3 is 5.69 Å². The van der Waals surface area contributed by atoms with Crippen LogP contribution in [0.5, 0.6) is 5.75 Å². The highest BCUT2D eigenvalue weighted by Crippen LogP contribution is 2.29. The van der Waals surface area contributed by atoms with E-state index in [4.69, 9.17) is 4.74 Å². The van der Waals surface area contributed by atoms with Gasteiger partial charge in [0.05, 0.1) is 11.5 Å². The largest absolute Gasteiger partial charge is 0.487 e. The van der Waals surface area contributed by atoms with Crippen LogP contribution in [0.25, 0.3) is 0 Å². The maximum Gasteiger partial charge on any atom is 0.311 e. The predicted octanol–water partition coefficient (Wildman–Crippen LogP) is 2.37. The normalized spacial score (nSPS) is 10.2. The maximum atomic E-state index is 10.9. The van der Waals surface area contributed by atoms with Gasteiger partial charge in [0.2, 0.25) is 0 Å². The van der Waals surface area contributed by atoms with Gasteiger partial charge in [-0.25, -0.2) is 4.98 Å². The summed E-state index contributed by atoms with van der Waals surface area (Å²) in [5.74, 6) is 1.17. The van der Waals surface area contributed by atoms with Crippen LogP contribution in [0.3, 0.4) is 0 Å². The number of aromatic nitrogens is 2. The number of nitro benzene ring substituents is 1. The average molecular weight is 276 g/mol. The molecule has 7 nitrogen and oxygen atoms in total. The number of nitro groups is 1. The summed E-state index contributed by atoms with van der Waals surface area (Å²) >= 11 is 0. The summed E-state index contributed by atoms with van der Waals surface area (Å²) in [5, 5.41) is 14.1. The number of imidazole rings is 1. The molecule has 0 aliphatic carbocycles. The van der Waals surface area contributed by atoms with Gasteiger partial charge in [-0.05, 0) is 13.0 Å². The number of benzene rings is 1. The van der Waals surface area contributed by atoms with Gasteiger partial charge in [-0.3, -0.25) is 10.1 Å². The van der Waals surface area contributed by atoms with E-state index in [9.17, 15) is 10.1 Å². The lowest BCUT2D eigenvalue weighted by molar-refractivity contribution is -0.385. The highest BCUT2D eigenvalue weighted by atomic mass is 16.6. The Morgan fingerprint density at radius 1 is 1.50 bits per heavy atom. The van der Waals surface area contributed by atoms with Crippen molar-refractivity contribution >= 4 is 11.4 Å². The highest BCUT2D eigenvalue weighted by Gasteiger charge is 2.15. The molecule has 0 aliphatic rings. The standard InChI is InChI=1S/C13H16N4O3/c1-2-20-12-9-10(3-4-11(12)17(18)19)14-6-5-13-15-7-8-16-13/h3-4,7-9,14H,2,5-6H2,1H3,(H,15,16). The van der Waals surface area contributed by atoms with Crippen LogP contribution in [-0.4, -0.2) is 28.0 Å². The Bertz CT molecular complexity index is 569. The fourth-order valence-electron chi connectivity index (χ4n) is 1.81. The van der Waals surface area contributed by atoms with Crippen molar-refractivity contribution in [3.8, 4) is 5.75 Å². The van der Waals surface area contributed by atoms with E-state index in [-0.39, 0.29) is 11.4 Å². The monoisotopic (exact) mass is 276 g/mol. The molecule has 2 N–H and O–H groups in total. The molecule has 1 heterocycles. The highest BCUT2D eigenvalue weighted by molar-refractivity contribution is 5.58. The van der Waals surface area contributed by atoms with Crippen molar-refractivity contribution < 1.29 is 9.66 Å². The van der Waals surface area contributed by atoms with E-state index in [1.54, 1.807) is 31.5 Å². The molecule has 7 heteroatoms. The number of nitrogens with one attached hydrogen (secondary N) is 2. The van der Waals surface area contributed by atoms with Gasteiger partial charge in [0, 0.05) is 43.2 Å². The number of anilines is 1. The zero-order chi connectivity index (χ0) is 14.4. The van der Waals surface area contributed by atoms with Crippen molar-refractivity contribution in [2.75, 3.05) is 18.5 Å². The first-order valence-electron chi connectivity index (χ1n) is 6.34. The Morgan fingerprint density at radius 2 is 2.35 bits per heavy atom. The lowest BCUT2D eigenvalue weighted by Gasteiger charge is -2.09. The first-order valence-corrected chi connectivity index (χ1v) is 6.34. The number of H-pyrrole nitrogens is 1. The number of aromatic amines is 1. The summed E-state index contributed by atoms with van der Waals surface area (Å²) < 4.78 is 5.29. The van der Waals surface area contributed by atoms with Gasteiger partial charge in [-0.1, -0.05) is 0 Å². The lowest BCUT2D eigenvalue weighted by Crippen LogP contribution is -2.06. The summed E-state index contributed by atoms with van der Waals surface area (Å²) in [6, 6.07) is 4.76. The van der Waals surface area contributed by atoms with Crippen LogP contribution < -0.4 is 10.1 Å². The third kappa shape index (κ3) is 3.47. The first kappa shape index (κ1) is 13.9. The number of hydrogen-bond acceptors (Lipinski definition) is 5. The van der Waals surface area contributed by atoms with E-state index in [0.717, 1.165) is 17.9 Å². The number of ether oxygens (including phenoxy) is 1. The van der Waals surface area contributed by atoms with E-state index < -0.39 is 4.92 Å². The second-order valence-corrected chi connectivity index (χ2v) is 4.09. The number of hydrogen-bond donors (Lipinski definition) is 2. The molecule has 0 bridgehead atoms. The minimum absolute atomic E-state index is 0.0246. The molecule has 2 rings (SSSR count). The SMILES string of the molecule is CCOc1cc(NCCc2ncc[nH]2)ccc1[N+](=O)[O-]. The smallest absolute Gasteiger partial charge is 0.311 e. The summed E-state index contributed by atoms with van der Waals surface area (Å²) in [6.45, 7) is 2.86. The van der Waals surface area contributed by atoms with Crippen LogP contribution >= 0.6 is 0 Å². The molecule has 0 fully saturated rings. The third-order valence-electron chi connectivity index (χ3n) is 2.70. The van der Waals surface area contributed by atoms with Gasteiger partial charge in [0.25, 0.3) is 0 Å². The summed E-state index contributed by atoms with van der Waals surface area (Å²) in [4.78, 5) is 17.6. The van der Waals surface area contributed by atoms with E-state index in [2.05, 4.69) is 15.3 Å². The molecular formula is C13H16N4O3. The van der Waals surface area contributed by atoms with Crippen molar-refractivity contribution in [3.63, 3.8) is 0 Å². The van der Waals surface area contributed by atoms with Crippen LogP contribution in [-0.2, 0) is 6.42 Å². The van der Waals surface area contributed by atoms with E-state index >= 15 is 0 Å². The van der Waals surface area contributed by atoms with Crippen molar-refractivity contribution in [2.45, 2.75) is 13.3 Å². The molecule has 2 aromatic rings. The molecule has 106 valence electrons. The zero-order valence-corrected chi connectivity index (χ0v) is 11.1. The summed E-state index contributed by atoms with van der Waals surface area (Å²) in [7, 11) is 0. The number of nitrogens with zero attached hydrogens (tertiary/aromatic N) is 2. The third-order valence-corrected chi connectivity index (χ3v) is 2.70. The van der Waals surface area contributed by atoms with Gasteiger partial charge in [-0.15, -0.1) is 0 Å². The Kier molecular flexibility index (Phi) is 4.54. The van der Waals surface area contributed by atoms with Crippen LogP contribution in [0.4, 0.5) is 11.4 Å². The van der Waals surface area contributed by atoms with E-state index in [0.29, 0.717) is 13.2 Å². The molecule has 1 aromatic heterocycles. The Hall–Kier alpha value is -2.57. The van der Waals surface area contributed by atoms with E-state index in [1.165, 1.54) is 6.07 Å². The molecule has 0 amide bonds. The molecule has 0 unspecified atom stereocenters. The molecule has 0 saturated carbocycles. The molecule has 0 spiro atoms. The molecule has 0 saturated heterocycles. The molecule has 20 heavy (non-hydrogen) atoms. The second-order valence-electron chi connectivity index (χ2n) is 4.09. The summed E-state index contributed by atoms with van der Waals surface area (Å²) in [6.07, 6.45) is 4.22. The van der Waals surface area contributed by atoms with Crippen LogP contribution in [0.2, 0.25) is 0 Å². The minimum Gasteiger partial charge on any atom is -0.487 e. The topological polar surface area (TPSA) is 93.1 Å². The zero-order valence-electron chi connectivity index (χ0n) is 11.1. The molecule has 1 aromatic carbocycles. The minimum atomic E-state index is -0.447. The first-order chi connectivity index (χ1) is 9.70. The van der Waals surface area contributed by atoms with Crippen molar-refractivity contribution in [1.29, 1.82) is 0 Å². The lowest BCUT2D eigenvalue weighted by atomic mass is 10.2. The fraction of sp³-hybridized carbons (Fsp3) is 0.308. The van der Waals surface area contributed by atoms with Gasteiger partial charge < -0.3 is 15.0 Å². The van der Waals surface area contributed by atoms with Crippen LogP contribution in [0.1, 0.15) is 12.7 Å². The van der Waals surface area contributed by atoms with Crippen molar-refractivity contribution in [3.05, 3.63) is 46.5 Å². The van der Waals surface area contributed by atoms with Gasteiger partial charge in [0.15, 0.2) is 5.75 Å². The molecule has 0 aliphatic heterocycles. The van der Waals surface area contributed by atoms with Crippen LogP contribution in [0.15, 0.2) is 30.6 Å². The van der Waals surface area contributed by atoms with E-state index in [1.807, 2.05) is 0 Å². The summed E-state index contributed by atoms with van der Waals surface area (Å²) in [5.41, 5.74) is 0.758. The van der Waals surface area contributed by atoms with Crippen molar-refractivity contribution in [1.82, 2.24) is 9.97 Å². The molecule has 0 radical (unpaired) electrons. The second kappa shape index (κ2) is 6.55. The molecule has 0 atom stereocenters. The van der Waals surface area contributed by atoms with Crippen LogP contribution in [0, 0.1) is 10.1 Å².